The van der Waals surface area contributed by atoms with Crippen LogP contribution in [0, 0.1) is 11.8 Å². The Morgan fingerprint density at radius 1 is 1.21 bits per heavy atom. The van der Waals surface area contributed by atoms with Crippen LogP contribution in [0.3, 0.4) is 0 Å². The van der Waals surface area contributed by atoms with Gasteiger partial charge in [-0.15, -0.1) is 24.0 Å². The highest BCUT2D eigenvalue weighted by atomic mass is 127. The highest BCUT2D eigenvalue weighted by molar-refractivity contribution is 14.0. The lowest BCUT2D eigenvalue weighted by Gasteiger charge is -2.25. The first kappa shape index (κ1) is 22.7. The minimum atomic E-state index is 0. The molecule has 3 atom stereocenters. The van der Waals surface area contributed by atoms with Crippen LogP contribution in [0.1, 0.15) is 31.4 Å². The number of carbonyl (C=O) groups excluding carboxylic acids is 1. The number of hydrogen-bond acceptors (Lipinski definition) is 4. The van der Waals surface area contributed by atoms with Crippen molar-refractivity contribution in [1.82, 2.24) is 20.5 Å². The maximum Gasteiger partial charge on any atom is 0.241 e. The molecular formula is C20H33IN6O. The Labute approximate surface area is 185 Å². The fraction of sp³-hybridized carbons (Fsp3) is 0.650. The fourth-order valence-electron chi connectivity index (χ4n) is 4.03. The molecule has 2 fully saturated rings. The zero-order valence-electron chi connectivity index (χ0n) is 17.3. The fourth-order valence-corrected chi connectivity index (χ4v) is 4.03. The van der Waals surface area contributed by atoms with Gasteiger partial charge in [0.1, 0.15) is 5.82 Å². The van der Waals surface area contributed by atoms with E-state index in [1.165, 1.54) is 25.7 Å². The minimum Gasteiger partial charge on any atom is -0.363 e. The van der Waals surface area contributed by atoms with E-state index in [0.29, 0.717) is 18.5 Å². The van der Waals surface area contributed by atoms with E-state index >= 15 is 0 Å². The van der Waals surface area contributed by atoms with Crippen molar-refractivity contribution < 1.29 is 4.79 Å². The molecule has 28 heavy (non-hydrogen) atoms. The summed E-state index contributed by atoms with van der Waals surface area (Å²) in [6.07, 6.45) is 5.21. The topological polar surface area (TPSA) is 72.9 Å². The minimum absolute atomic E-state index is 0. The molecule has 1 amide bonds. The van der Waals surface area contributed by atoms with E-state index in [4.69, 9.17) is 4.99 Å². The number of aromatic nitrogens is 1. The van der Waals surface area contributed by atoms with E-state index in [0.717, 1.165) is 23.3 Å². The Morgan fingerprint density at radius 2 is 2.00 bits per heavy atom. The third kappa shape index (κ3) is 5.96. The predicted molar refractivity (Wildman–Crippen MR) is 124 cm³/mol. The van der Waals surface area contributed by atoms with Gasteiger partial charge in [0.25, 0.3) is 0 Å². The number of hydrogen-bond donors (Lipinski definition) is 2. The van der Waals surface area contributed by atoms with Crippen LogP contribution in [0.25, 0.3) is 0 Å². The van der Waals surface area contributed by atoms with Gasteiger partial charge in [-0.2, -0.15) is 0 Å². The quantitative estimate of drug-likeness (QED) is 0.356. The summed E-state index contributed by atoms with van der Waals surface area (Å²) in [7, 11) is 7.49. The van der Waals surface area contributed by atoms with Crippen LogP contribution >= 0.6 is 24.0 Å². The molecule has 2 bridgehead atoms. The number of halogens is 1. The van der Waals surface area contributed by atoms with Crippen molar-refractivity contribution in [2.75, 3.05) is 39.6 Å². The first-order chi connectivity index (χ1) is 12.9. The smallest absolute Gasteiger partial charge is 0.241 e. The second-order valence-corrected chi connectivity index (χ2v) is 8.11. The van der Waals surface area contributed by atoms with Crippen LogP contribution in [0.15, 0.2) is 23.2 Å². The van der Waals surface area contributed by atoms with Gasteiger partial charge in [0.15, 0.2) is 5.96 Å². The number of fused-ring (bicyclic) bond motifs is 2. The molecule has 3 rings (SSSR count). The lowest BCUT2D eigenvalue weighted by molar-refractivity contribution is -0.127. The molecule has 2 N–H and O–H groups in total. The molecule has 2 aliphatic carbocycles. The molecule has 2 saturated carbocycles. The molecule has 156 valence electrons. The summed E-state index contributed by atoms with van der Waals surface area (Å²) in [6.45, 7) is 0.721. The molecular weight excluding hydrogens is 467 g/mol. The molecule has 2 aliphatic rings. The zero-order valence-corrected chi connectivity index (χ0v) is 19.6. The second-order valence-electron chi connectivity index (χ2n) is 8.11. The Hall–Kier alpha value is -1.58. The van der Waals surface area contributed by atoms with Crippen molar-refractivity contribution >= 4 is 41.7 Å². The molecule has 8 heteroatoms. The van der Waals surface area contributed by atoms with Gasteiger partial charge in [0.2, 0.25) is 5.91 Å². The molecule has 1 heterocycles. The number of nitrogens with one attached hydrogen (secondary N) is 2. The van der Waals surface area contributed by atoms with Crippen molar-refractivity contribution in [1.29, 1.82) is 0 Å². The summed E-state index contributed by atoms with van der Waals surface area (Å²) in [4.78, 5) is 24.9. The van der Waals surface area contributed by atoms with Gasteiger partial charge in [0, 0.05) is 34.2 Å². The standard InChI is InChI=1S/C20H32N6O.HI/c1-25(2)18-7-5-6-16(23-18)12-21-20(22-13-19(27)26(3)4)24-17-11-14-8-9-15(17)10-14;/h5-7,14-15,17H,8-13H2,1-4H3,(H2,21,22,24);1H. The Morgan fingerprint density at radius 3 is 2.61 bits per heavy atom. The number of nitrogens with zero attached hydrogens (tertiary/aromatic N) is 4. The van der Waals surface area contributed by atoms with Crippen molar-refractivity contribution in [2.24, 2.45) is 16.8 Å². The second kappa shape index (κ2) is 10.3. The van der Waals surface area contributed by atoms with Crippen LogP contribution in [-0.2, 0) is 11.3 Å². The van der Waals surface area contributed by atoms with Crippen molar-refractivity contribution in [3.05, 3.63) is 23.9 Å². The highest BCUT2D eigenvalue weighted by Gasteiger charge is 2.39. The maximum absolute atomic E-state index is 12.0. The molecule has 0 saturated heterocycles. The van der Waals surface area contributed by atoms with Gasteiger partial charge in [-0.25, -0.2) is 9.98 Å². The van der Waals surface area contributed by atoms with Gasteiger partial charge < -0.3 is 20.4 Å². The first-order valence-electron chi connectivity index (χ1n) is 9.80. The number of pyridine rings is 1. The summed E-state index contributed by atoms with van der Waals surface area (Å²) >= 11 is 0. The molecule has 3 unspecified atom stereocenters. The summed E-state index contributed by atoms with van der Waals surface area (Å²) in [6, 6.07) is 6.43. The third-order valence-electron chi connectivity index (χ3n) is 5.62. The van der Waals surface area contributed by atoms with Crippen molar-refractivity contribution in [3.63, 3.8) is 0 Å². The molecule has 1 aromatic heterocycles. The molecule has 0 spiro atoms. The molecule has 0 radical (unpaired) electrons. The van der Waals surface area contributed by atoms with Gasteiger partial charge in [-0.1, -0.05) is 12.5 Å². The highest BCUT2D eigenvalue weighted by Crippen LogP contribution is 2.44. The van der Waals surface area contributed by atoms with E-state index < -0.39 is 0 Å². The summed E-state index contributed by atoms with van der Waals surface area (Å²) in [5.41, 5.74) is 0.911. The van der Waals surface area contributed by atoms with E-state index in [2.05, 4.69) is 15.6 Å². The first-order valence-corrected chi connectivity index (χ1v) is 9.80. The van der Waals surface area contributed by atoms with Crippen molar-refractivity contribution in [2.45, 2.75) is 38.3 Å². The lowest BCUT2D eigenvalue weighted by Crippen LogP contribution is -2.48. The van der Waals surface area contributed by atoms with Gasteiger partial charge in [-0.3, -0.25) is 4.79 Å². The summed E-state index contributed by atoms with van der Waals surface area (Å²) in [5, 5.41) is 6.78. The van der Waals surface area contributed by atoms with Crippen molar-refractivity contribution in [3.8, 4) is 0 Å². The number of likely N-dealkylation sites (N-methyl/N-ethyl adjacent to an activating group) is 1. The Kier molecular flexibility index (Phi) is 8.33. The number of anilines is 1. The molecule has 7 nitrogen and oxygen atoms in total. The van der Waals surface area contributed by atoms with E-state index in [1.54, 1.807) is 19.0 Å². The molecule has 0 aliphatic heterocycles. The summed E-state index contributed by atoms with van der Waals surface area (Å²) in [5.74, 6) is 3.25. The van der Waals surface area contributed by atoms with E-state index in [9.17, 15) is 4.79 Å². The van der Waals surface area contributed by atoms with Crippen LogP contribution in [0.5, 0.6) is 0 Å². The Balaban J connectivity index is 0.00000280. The Bertz CT molecular complexity index is 693. The van der Waals surface area contributed by atoms with Gasteiger partial charge in [-0.05, 0) is 43.2 Å². The largest absolute Gasteiger partial charge is 0.363 e. The molecule has 1 aromatic rings. The predicted octanol–water partition coefficient (Wildman–Crippen LogP) is 2.08. The average Bonchev–Trinajstić information content (AvgIpc) is 3.26. The number of guanidine groups is 1. The third-order valence-corrected chi connectivity index (χ3v) is 5.62. The van der Waals surface area contributed by atoms with Crippen LogP contribution in [-0.4, -0.2) is 62.5 Å². The number of aliphatic imine (C=N–C) groups is 1. The SMILES string of the molecule is CN(C)C(=O)CNC(=NCc1cccc(N(C)C)n1)NC1CC2CCC1C2.I. The average molecular weight is 500 g/mol. The van der Waals surface area contributed by atoms with Crippen LogP contribution < -0.4 is 15.5 Å². The number of rotatable bonds is 6. The van der Waals surface area contributed by atoms with Gasteiger partial charge in [0.05, 0.1) is 18.8 Å². The monoisotopic (exact) mass is 500 g/mol. The lowest BCUT2D eigenvalue weighted by atomic mass is 9.95. The van der Waals surface area contributed by atoms with E-state index in [1.807, 2.05) is 37.2 Å². The van der Waals surface area contributed by atoms with Crippen LogP contribution in [0.2, 0.25) is 0 Å². The van der Waals surface area contributed by atoms with Gasteiger partial charge >= 0.3 is 0 Å². The van der Waals surface area contributed by atoms with E-state index in [-0.39, 0.29) is 36.4 Å². The molecule has 0 aromatic carbocycles. The number of amides is 1. The van der Waals surface area contributed by atoms with Crippen LogP contribution in [0.4, 0.5) is 5.82 Å². The zero-order chi connectivity index (χ0) is 19.4. The maximum atomic E-state index is 12.0. The normalized spacial score (nSPS) is 23.1. The summed E-state index contributed by atoms with van der Waals surface area (Å²) < 4.78 is 0. The number of carbonyl (C=O) groups is 1.